The van der Waals surface area contributed by atoms with Crippen LogP contribution in [0.1, 0.15) is 24.4 Å². The van der Waals surface area contributed by atoms with E-state index in [-0.39, 0.29) is 6.04 Å². The van der Waals surface area contributed by atoms with Gasteiger partial charge in [-0.2, -0.15) is 0 Å². The molecule has 1 saturated heterocycles. The van der Waals surface area contributed by atoms with Crippen molar-refractivity contribution in [2.45, 2.75) is 18.9 Å². The van der Waals surface area contributed by atoms with Crippen molar-refractivity contribution in [1.29, 1.82) is 0 Å². The van der Waals surface area contributed by atoms with Gasteiger partial charge in [-0.3, -0.25) is 0 Å². The molecule has 0 radical (unpaired) electrons. The highest BCUT2D eigenvalue weighted by Gasteiger charge is 2.31. The van der Waals surface area contributed by atoms with Crippen molar-refractivity contribution in [2.24, 2.45) is 0 Å². The van der Waals surface area contributed by atoms with Gasteiger partial charge in [-0.15, -0.1) is 0 Å². The number of ether oxygens (including phenoxy) is 2. The summed E-state index contributed by atoms with van der Waals surface area (Å²) in [7, 11) is 0. The van der Waals surface area contributed by atoms with Crippen LogP contribution in [0.2, 0.25) is 0 Å². The van der Waals surface area contributed by atoms with Crippen LogP contribution in [0, 0.1) is 0 Å². The van der Waals surface area contributed by atoms with Crippen molar-refractivity contribution in [1.82, 2.24) is 9.97 Å². The molecule has 6 rings (SSSR count). The number of hydrogen-bond acceptors (Lipinski definition) is 6. The normalized spacial score (nSPS) is 18.9. The number of aromatic nitrogens is 2. The van der Waals surface area contributed by atoms with Crippen LogP contribution < -0.4 is 14.4 Å². The Morgan fingerprint density at radius 2 is 1.86 bits per heavy atom. The predicted octanol–water partition coefficient (Wildman–Crippen LogP) is 4.49. The van der Waals surface area contributed by atoms with E-state index in [0.29, 0.717) is 13.2 Å². The molecule has 0 N–H and O–H groups in total. The quantitative estimate of drug-likeness (QED) is 0.516. The van der Waals surface area contributed by atoms with Gasteiger partial charge < -0.3 is 18.8 Å². The lowest BCUT2D eigenvalue weighted by Gasteiger charge is -2.27. The first-order chi connectivity index (χ1) is 13.9. The Morgan fingerprint density at radius 1 is 0.964 bits per heavy atom. The van der Waals surface area contributed by atoms with Gasteiger partial charge in [0.15, 0.2) is 22.9 Å². The van der Waals surface area contributed by atoms with Gasteiger partial charge in [0.05, 0.1) is 6.04 Å². The zero-order valence-electron chi connectivity index (χ0n) is 15.3. The smallest absolute Gasteiger partial charge is 0.196 e. The lowest BCUT2D eigenvalue weighted by molar-refractivity contribution is 0.171. The maximum atomic E-state index is 6.16. The number of hydrogen-bond donors (Lipinski definition) is 0. The van der Waals surface area contributed by atoms with E-state index in [1.807, 2.05) is 30.3 Å². The van der Waals surface area contributed by atoms with Gasteiger partial charge in [0.2, 0.25) is 0 Å². The molecule has 28 heavy (non-hydrogen) atoms. The standard InChI is InChI=1S/C22H19N3O3/c1-2-6-17-15(4-1)20-21(28-17)22(24-13-23-20)25-9-3-5-16(25)14-7-8-18-19(12-14)27-11-10-26-18/h1-2,4,6-8,12-13,16H,3,5,9-11H2/t16-/m0/s1. The minimum atomic E-state index is 0.224. The molecule has 0 bridgehead atoms. The lowest BCUT2D eigenvalue weighted by Crippen LogP contribution is -2.24. The average molecular weight is 373 g/mol. The summed E-state index contributed by atoms with van der Waals surface area (Å²) in [6, 6.07) is 14.5. The number of rotatable bonds is 2. The monoisotopic (exact) mass is 373 g/mol. The molecule has 0 amide bonds. The second-order valence-corrected chi connectivity index (χ2v) is 7.23. The molecule has 4 aromatic rings. The molecule has 4 heterocycles. The van der Waals surface area contributed by atoms with E-state index in [1.165, 1.54) is 5.56 Å². The third kappa shape index (κ3) is 2.34. The molecule has 0 aliphatic carbocycles. The van der Waals surface area contributed by atoms with Gasteiger partial charge >= 0.3 is 0 Å². The van der Waals surface area contributed by atoms with E-state index in [1.54, 1.807) is 6.33 Å². The highest BCUT2D eigenvalue weighted by atomic mass is 16.6. The van der Waals surface area contributed by atoms with Gasteiger partial charge in [0, 0.05) is 11.9 Å². The maximum absolute atomic E-state index is 6.16. The lowest BCUT2D eigenvalue weighted by atomic mass is 10.0. The van der Waals surface area contributed by atoms with Crippen LogP contribution in [0.4, 0.5) is 5.82 Å². The fraction of sp³-hybridized carbons (Fsp3) is 0.273. The molecule has 2 aromatic heterocycles. The van der Waals surface area contributed by atoms with E-state index < -0.39 is 0 Å². The number of para-hydroxylation sites is 1. The summed E-state index contributed by atoms with van der Waals surface area (Å²) in [6.07, 6.45) is 3.80. The largest absolute Gasteiger partial charge is 0.486 e. The van der Waals surface area contributed by atoms with Crippen LogP contribution in [0.25, 0.3) is 22.1 Å². The number of benzene rings is 2. The zero-order valence-corrected chi connectivity index (χ0v) is 15.3. The Morgan fingerprint density at radius 3 is 2.82 bits per heavy atom. The molecule has 140 valence electrons. The van der Waals surface area contributed by atoms with Crippen molar-refractivity contribution >= 4 is 27.9 Å². The van der Waals surface area contributed by atoms with Crippen molar-refractivity contribution in [3.8, 4) is 11.5 Å². The average Bonchev–Trinajstić information content (AvgIpc) is 3.38. The van der Waals surface area contributed by atoms with Crippen LogP contribution >= 0.6 is 0 Å². The molecular formula is C22H19N3O3. The Bertz CT molecular complexity index is 1190. The molecule has 1 fully saturated rings. The van der Waals surface area contributed by atoms with E-state index in [0.717, 1.165) is 58.8 Å². The van der Waals surface area contributed by atoms with Gasteiger partial charge in [-0.25, -0.2) is 9.97 Å². The SMILES string of the molecule is c1ccc2c(c1)oc1c(N3CCC[C@H]3c3ccc4c(c3)OCCO4)ncnc12. The maximum Gasteiger partial charge on any atom is 0.196 e. The second-order valence-electron chi connectivity index (χ2n) is 7.23. The minimum absolute atomic E-state index is 0.224. The summed E-state index contributed by atoms with van der Waals surface area (Å²) in [5.41, 5.74) is 3.68. The Kier molecular flexibility index (Phi) is 3.44. The highest BCUT2D eigenvalue weighted by molar-refractivity contribution is 6.05. The fourth-order valence-corrected chi connectivity index (χ4v) is 4.35. The predicted molar refractivity (Wildman–Crippen MR) is 106 cm³/mol. The van der Waals surface area contributed by atoms with Crippen LogP contribution in [0.15, 0.2) is 53.2 Å². The van der Waals surface area contributed by atoms with Crippen LogP contribution in [0.3, 0.4) is 0 Å². The summed E-state index contributed by atoms with van der Waals surface area (Å²) >= 11 is 0. The Labute approximate surface area is 161 Å². The summed E-state index contributed by atoms with van der Waals surface area (Å²) in [5.74, 6) is 2.51. The van der Waals surface area contributed by atoms with Crippen molar-refractivity contribution in [3.05, 3.63) is 54.4 Å². The summed E-state index contributed by atoms with van der Waals surface area (Å²) in [4.78, 5) is 11.4. The molecule has 0 saturated carbocycles. The van der Waals surface area contributed by atoms with E-state index in [2.05, 4.69) is 27.0 Å². The first-order valence-electron chi connectivity index (χ1n) is 9.67. The topological polar surface area (TPSA) is 60.6 Å². The van der Waals surface area contributed by atoms with E-state index in [9.17, 15) is 0 Å². The van der Waals surface area contributed by atoms with E-state index in [4.69, 9.17) is 13.9 Å². The first kappa shape index (κ1) is 15.7. The molecule has 2 aromatic carbocycles. The Hall–Kier alpha value is -3.28. The summed E-state index contributed by atoms with van der Waals surface area (Å²) in [5, 5.41) is 1.02. The molecule has 6 heteroatoms. The second kappa shape index (κ2) is 6.12. The highest BCUT2D eigenvalue weighted by Crippen LogP contribution is 2.42. The third-order valence-electron chi connectivity index (χ3n) is 5.62. The molecule has 2 aliphatic rings. The molecular weight excluding hydrogens is 354 g/mol. The van der Waals surface area contributed by atoms with Crippen LogP contribution in [-0.4, -0.2) is 29.7 Å². The number of anilines is 1. The Balaban J connectivity index is 1.45. The molecule has 6 nitrogen and oxygen atoms in total. The molecule has 2 aliphatic heterocycles. The van der Waals surface area contributed by atoms with Crippen LogP contribution in [0.5, 0.6) is 11.5 Å². The van der Waals surface area contributed by atoms with Crippen molar-refractivity contribution < 1.29 is 13.9 Å². The molecule has 0 unspecified atom stereocenters. The number of furan rings is 1. The molecule has 0 spiro atoms. The van der Waals surface area contributed by atoms with Gasteiger partial charge in [0.25, 0.3) is 0 Å². The van der Waals surface area contributed by atoms with Gasteiger partial charge in [-0.1, -0.05) is 18.2 Å². The molecule has 1 atom stereocenters. The number of nitrogens with zero attached hydrogens (tertiary/aromatic N) is 3. The third-order valence-corrected chi connectivity index (χ3v) is 5.62. The van der Waals surface area contributed by atoms with E-state index >= 15 is 0 Å². The summed E-state index contributed by atoms with van der Waals surface area (Å²) in [6.45, 7) is 2.13. The van der Waals surface area contributed by atoms with Gasteiger partial charge in [-0.05, 0) is 42.7 Å². The fourth-order valence-electron chi connectivity index (χ4n) is 4.35. The van der Waals surface area contributed by atoms with Crippen molar-refractivity contribution in [2.75, 3.05) is 24.7 Å². The number of fused-ring (bicyclic) bond motifs is 4. The van der Waals surface area contributed by atoms with Crippen molar-refractivity contribution in [3.63, 3.8) is 0 Å². The minimum Gasteiger partial charge on any atom is -0.486 e. The summed E-state index contributed by atoms with van der Waals surface area (Å²) < 4.78 is 17.6. The van der Waals surface area contributed by atoms with Gasteiger partial charge in [0.1, 0.15) is 30.6 Å². The van der Waals surface area contributed by atoms with Crippen LogP contribution in [-0.2, 0) is 0 Å². The first-order valence-corrected chi connectivity index (χ1v) is 9.67. The zero-order chi connectivity index (χ0) is 18.5.